The number of rotatable bonds is 4. The lowest BCUT2D eigenvalue weighted by atomic mass is 9.95. The van der Waals surface area contributed by atoms with Crippen molar-refractivity contribution in [3.05, 3.63) is 27.1 Å². The van der Waals surface area contributed by atoms with Crippen LogP contribution in [0.25, 0.3) is 0 Å². The van der Waals surface area contributed by atoms with E-state index in [1.54, 1.807) is 0 Å². The van der Waals surface area contributed by atoms with Crippen LogP contribution in [0.15, 0.2) is 27.1 Å². The van der Waals surface area contributed by atoms with Gasteiger partial charge in [-0.25, -0.2) is 0 Å². The molecule has 1 amide bonds. The van der Waals surface area contributed by atoms with Gasteiger partial charge in [-0.1, -0.05) is 15.9 Å². The van der Waals surface area contributed by atoms with Crippen molar-refractivity contribution in [2.24, 2.45) is 5.92 Å². The molecule has 0 aromatic heterocycles. The minimum absolute atomic E-state index is 0.0184. The van der Waals surface area contributed by atoms with Gasteiger partial charge in [0.05, 0.1) is 24.9 Å². The predicted molar refractivity (Wildman–Crippen MR) is 99.9 cm³/mol. The highest BCUT2D eigenvalue weighted by Crippen LogP contribution is 2.28. The Labute approximate surface area is 159 Å². The van der Waals surface area contributed by atoms with Gasteiger partial charge in [-0.2, -0.15) is 0 Å². The van der Waals surface area contributed by atoms with Gasteiger partial charge in [0.1, 0.15) is 0 Å². The summed E-state index contributed by atoms with van der Waals surface area (Å²) in [5, 5.41) is 3.00. The van der Waals surface area contributed by atoms with Crippen molar-refractivity contribution in [2.45, 2.75) is 32.1 Å². The number of likely N-dealkylation sites (tertiary alicyclic amines) is 1. The van der Waals surface area contributed by atoms with Crippen molar-refractivity contribution in [1.82, 2.24) is 4.90 Å². The molecule has 2 aliphatic rings. The first-order chi connectivity index (χ1) is 11.5. The number of hydrogen-bond acceptors (Lipinski definition) is 4. The molecule has 2 fully saturated rings. The molecule has 0 radical (unpaired) electrons. The standard InChI is InChI=1S/C17H22Br2N2O3/c1-11(16(22)20-15-3-2-13(18)10-14(15)19)21-6-4-12(5-7-21)17-23-8-9-24-17/h2-3,10-12,17H,4-9H2,1H3,(H,20,22). The number of halogens is 2. The fourth-order valence-electron chi connectivity index (χ4n) is 3.22. The number of amides is 1. The Kier molecular flexibility index (Phi) is 6.32. The fourth-order valence-corrected chi connectivity index (χ4v) is 4.37. The second kappa shape index (κ2) is 8.27. The lowest BCUT2D eigenvalue weighted by Crippen LogP contribution is -2.47. The molecule has 2 heterocycles. The Hall–Kier alpha value is -0.470. The average Bonchev–Trinajstić information content (AvgIpc) is 3.11. The van der Waals surface area contributed by atoms with Gasteiger partial charge >= 0.3 is 0 Å². The lowest BCUT2D eigenvalue weighted by molar-refractivity contribution is -0.123. The SMILES string of the molecule is CC(C(=O)Nc1ccc(Br)cc1Br)N1CCC(C2OCCO2)CC1. The van der Waals surface area contributed by atoms with Crippen molar-refractivity contribution in [3.8, 4) is 0 Å². The zero-order valence-electron chi connectivity index (χ0n) is 13.6. The molecule has 1 atom stereocenters. The van der Waals surface area contributed by atoms with E-state index in [2.05, 4.69) is 42.1 Å². The number of ether oxygens (including phenoxy) is 2. The summed E-state index contributed by atoms with van der Waals surface area (Å²) in [6, 6.07) is 5.57. The fraction of sp³-hybridized carbons (Fsp3) is 0.588. The van der Waals surface area contributed by atoms with Crippen LogP contribution in [-0.4, -0.2) is 49.4 Å². The van der Waals surface area contributed by atoms with Crippen LogP contribution in [0.3, 0.4) is 0 Å². The molecule has 0 saturated carbocycles. The molecule has 2 saturated heterocycles. The van der Waals surface area contributed by atoms with Crippen molar-refractivity contribution < 1.29 is 14.3 Å². The molecule has 3 rings (SSSR count). The monoisotopic (exact) mass is 460 g/mol. The van der Waals surface area contributed by atoms with E-state index in [-0.39, 0.29) is 18.2 Å². The van der Waals surface area contributed by atoms with Crippen molar-refractivity contribution in [3.63, 3.8) is 0 Å². The second-order valence-corrected chi connectivity index (χ2v) is 8.04. The number of carbonyl (C=O) groups is 1. The van der Waals surface area contributed by atoms with E-state index in [0.717, 1.165) is 40.6 Å². The summed E-state index contributed by atoms with van der Waals surface area (Å²) in [5.41, 5.74) is 0.790. The van der Waals surface area contributed by atoms with Crippen LogP contribution >= 0.6 is 31.9 Å². The first-order valence-corrected chi connectivity index (χ1v) is 9.86. The molecular formula is C17H22Br2N2O3. The van der Waals surface area contributed by atoms with E-state index in [1.807, 2.05) is 25.1 Å². The highest BCUT2D eigenvalue weighted by atomic mass is 79.9. The van der Waals surface area contributed by atoms with E-state index in [9.17, 15) is 4.79 Å². The third-order valence-corrected chi connectivity index (χ3v) is 5.87. The van der Waals surface area contributed by atoms with Crippen LogP contribution in [0.2, 0.25) is 0 Å². The summed E-state index contributed by atoms with van der Waals surface area (Å²) < 4.78 is 13.1. The minimum Gasteiger partial charge on any atom is -0.350 e. The number of nitrogens with one attached hydrogen (secondary N) is 1. The van der Waals surface area contributed by atoms with E-state index >= 15 is 0 Å². The van der Waals surface area contributed by atoms with Gasteiger partial charge < -0.3 is 14.8 Å². The minimum atomic E-state index is -0.160. The molecule has 5 nitrogen and oxygen atoms in total. The maximum atomic E-state index is 12.6. The first kappa shape index (κ1) is 18.3. The van der Waals surface area contributed by atoms with E-state index in [1.165, 1.54) is 0 Å². The Balaban J connectivity index is 1.52. The number of benzene rings is 1. The topological polar surface area (TPSA) is 50.8 Å². The number of carbonyl (C=O) groups excluding carboxylic acids is 1. The third kappa shape index (κ3) is 4.38. The number of piperidine rings is 1. The highest BCUT2D eigenvalue weighted by Gasteiger charge is 2.33. The summed E-state index contributed by atoms with van der Waals surface area (Å²) in [5.74, 6) is 0.462. The summed E-state index contributed by atoms with van der Waals surface area (Å²) >= 11 is 6.90. The van der Waals surface area contributed by atoms with Gasteiger partial charge in [0.25, 0.3) is 0 Å². The van der Waals surface area contributed by atoms with Gasteiger partial charge in [0, 0.05) is 14.9 Å². The Morgan fingerprint density at radius 3 is 2.54 bits per heavy atom. The summed E-state index contributed by atoms with van der Waals surface area (Å²) in [6.45, 7) is 5.15. The summed E-state index contributed by atoms with van der Waals surface area (Å²) in [7, 11) is 0. The lowest BCUT2D eigenvalue weighted by Gasteiger charge is -2.36. The number of nitrogens with zero attached hydrogens (tertiary/aromatic N) is 1. The number of anilines is 1. The van der Waals surface area contributed by atoms with E-state index in [4.69, 9.17) is 9.47 Å². The molecule has 1 aromatic rings. The van der Waals surface area contributed by atoms with Crippen LogP contribution in [-0.2, 0) is 14.3 Å². The smallest absolute Gasteiger partial charge is 0.241 e. The maximum absolute atomic E-state index is 12.6. The van der Waals surface area contributed by atoms with E-state index in [0.29, 0.717) is 19.1 Å². The van der Waals surface area contributed by atoms with Gasteiger partial charge in [-0.3, -0.25) is 9.69 Å². The van der Waals surface area contributed by atoms with Gasteiger partial charge in [0.2, 0.25) is 5.91 Å². The molecule has 1 aromatic carbocycles. The molecule has 2 aliphatic heterocycles. The molecule has 132 valence electrons. The maximum Gasteiger partial charge on any atom is 0.241 e. The molecule has 0 aliphatic carbocycles. The molecule has 0 spiro atoms. The van der Waals surface area contributed by atoms with Crippen LogP contribution in [0.1, 0.15) is 19.8 Å². The van der Waals surface area contributed by atoms with Crippen molar-refractivity contribution >= 4 is 43.5 Å². The van der Waals surface area contributed by atoms with Crippen LogP contribution in [0.5, 0.6) is 0 Å². The summed E-state index contributed by atoms with van der Waals surface area (Å²) in [6.07, 6.45) is 1.96. The van der Waals surface area contributed by atoms with Crippen LogP contribution in [0, 0.1) is 5.92 Å². The Bertz CT molecular complexity index is 585. The predicted octanol–water partition coefficient (Wildman–Crippen LogP) is 3.62. The van der Waals surface area contributed by atoms with Gasteiger partial charge in [-0.15, -0.1) is 0 Å². The molecule has 1 N–H and O–H groups in total. The summed E-state index contributed by atoms with van der Waals surface area (Å²) in [4.78, 5) is 14.8. The molecule has 1 unspecified atom stereocenters. The van der Waals surface area contributed by atoms with Crippen molar-refractivity contribution in [2.75, 3.05) is 31.6 Å². The zero-order chi connectivity index (χ0) is 17.1. The Morgan fingerprint density at radius 1 is 1.25 bits per heavy atom. The third-order valence-electron chi connectivity index (χ3n) is 4.72. The van der Waals surface area contributed by atoms with Crippen LogP contribution in [0.4, 0.5) is 5.69 Å². The molecular weight excluding hydrogens is 440 g/mol. The molecule has 0 bridgehead atoms. The van der Waals surface area contributed by atoms with Crippen LogP contribution < -0.4 is 5.32 Å². The second-order valence-electron chi connectivity index (χ2n) is 6.27. The van der Waals surface area contributed by atoms with Gasteiger partial charge in [0.15, 0.2) is 6.29 Å². The molecule has 7 heteroatoms. The van der Waals surface area contributed by atoms with Gasteiger partial charge in [-0.05, 0) is 67.0 Å². The quantitative estimate of drug-likeness (QED) is 0.743. The largest absolute Gasteiger partial charge is 0.350 e. The first-order valence-electron chi connectivity index (χ1n) is 8.28. The zero-order valence-corrected chi connectivity index (χ0v) is 16.8. The highest BCUT2D eigenvalue weighted by molar-refractivity contribution is 9.11. The van der Waals surface area contributed by atoms with Crippen molar-refractivity contribution in [1.29, 1.82) is 0 Å². The average molecular weight is 462 g/mol. The van der Waals surface area contributed by atoms with E-state index < -0.39 is 0 Å². The normalized spacial score (nSPS) is 21.8. The number of hydrogen-bond donors (Lipinski definition) is 1. The molecule has 24 heavy (non-hydrogen) atoms. The Morgan fingerprint density at radius 2 is 1.92 bits per heavy atom.